The SMILES string of the molecule is Clc1cccc(-c2cccc(N(c3ccccc3)c3ccccc3)c2)c1Cl.Clc1cccc(Br)c1Cl.OB(O)c1cccc(N(c2ccccc2)c2ccccc2)c1. The molecule has 0 radical (unpaired) electrons. The molecule has 0 amide bonds. The number of benzene rings is 8. The number of halogens is 5. The highest BCUT2D eigenvalue weighted by Crippen LogP contribution is 2.39. The highest BCUT2D eigenvalue weighted by atomic mass is 79.9. The average molecular weight is 905 g/mol. The maximum Gasteiger partial charge on any atom is 0.488 e. The molecule has 0 bridgehead atoms. The summed E-state index contributed by atoms with van der Waals surface area (Å²) in [6, 6.07) is 67.3. The number of anilines is 6. The Morgan fingerprint density at radius 1 is 0.379 bits per heavy atom. The molecule has 0 aliphatic heterocycles. The number of rotatable bonds is 8. The number of hydrogen-bond donors (Lipinski definition) is 2. The summed E-state index contributed by atoms with van der Waals surface area (Å²) >= 11 is 27.2. The average Bonchev–Trinajstić information content (AvgIpc) is 3.26. The Bertz CT molecular complexity index is 2420. The lowest BCUT2D eigenvalue weighted by molar-refractivity contribution is 0.426. The number of para-hydroxylation sites is 4. The molecule has 4 nitrogen and oxygen atoms in total. The van der Waals surface area contributed by atoms with Crippen molar-refractivity contribution in [2.45, 2.75) is 0 Å². The largest absolute Gasteiger partial charge is 0.488 e. The molecule has 8 rings (SSSR count). The highest BCUT2D eigenvalue weighted by Gasteiger charge is 2.17. The van der Waals surface area contributed by atoms with Crippen molar-refractivity contribution in [2.75, 3.05) is 9.80 Å². The third-order valence-corrected chi connectivity index (χ3v) is 11.3. The molecular formula is C48H36BBrCl4N2O2. The molecule has 58 heavy (non-hydrogen) atoms. The molecular weight excluding hydrogens is 869 g/mol. The molecule has 10 heteroatoms. The first-order valence-corrected chi connectivity index (χ1v) is 20.4. The van der Waals surface area contributed by atoms with Crippen molar-refractivity contribution >= 4 is 109 Å². The molecule has 0 unspecified atom stereocenters. The number of nitrogens with zero attached hydrogens (tertiary/aromatic N) is 2. The minimum absolute atomic E-state index is 0.467. The van der Waals surface area contributed by atoms with Crippen LogP contribution in [0.1, 0.15) is 0 Å². The van der Waals surface area contributed by atoms with Crippen molar-refractivity contribution in [3.63, 3.8) is 0 Å². The van der Waals surface area contributed by atoms with Crippen LogP contribution in [0.2, 0.25) is 20.1 Å². The lowest BCUT2D eigenvalue weighted by atomic mass is 9.80. The highest BCUT2D eigenvalue weighted by molar-refractivity contribution is 9.10. The van der Waals surface area contributed by atoms with E-state index in [1.54, 1.807) is 24.3 Å². The Labute approximate surface area is 368 Å². The van der Waals surface area contributed by atoms with Gasteiger partial charge in [-0.05, 0) is 118 Å². The van der Waals surface area contributed by atoms with Gasteiger partial charge in [-0.25, -0.2) is 0 Å². The molecule has 0 aliphatic carbocycles. The van der Waals surface area contributed by atoms with Gasteiger partial charge in [0.15, 0.2) is 0 Å². The molecule has 0 aromatic heterocycles. The van der Waals surface area contributed by atoms with Crippen LogP contribution in [-0.4, -0.2) is 17.2 Å². The quantitative estimate of drug-likeness (QED) is 0.118. The third kappa shape index (κ3) is 11.1. The van der Waals surface area contributed by atoms with Crippen molar-refractivity contribution in [3.05, 3.63) is 231 Å². The predicted molar refractivity (Wildman–Crippen MR) is 252 cm³/mol. The fourth-order valence-electron chi connectivity index (χ4n) is 6.04. The Hall–Kier alpha value is -5.02. The van der Waals surface area contributed by atoms with Crippen molar-refractivity contribution in [2.24, 2.45) is 0 Å². The topological polar surface area (TPSA) is 46.9 Å². The minimum Gasteiger partial charge on any atom is -0.423 e. The molecule has 0 aliphatic rings. The first-order valence-electron chi connectivity index (χ1n) is 18.1. The van der Waals surface area contributed by atoms with Crippen LogP contribution < -0.4 is 15.3 Å². The molecule has 288 valence electrons. The van der Waals surface area contributed by atoms with Gasteiger partial charge >= 0.3 is 7.12 Å². The maximum absolute atomic E-state index is 9.41. The molecule has 0 atom stereocenters. The summed E-state index contributed by atoms with van der Waals surface area (Å²) in [7, 11) is -1.48. The molecule has 8 aromatic rings. The Balaban J connectivity index is 0.000000164. The van der Waals surface area contributed by atoms with E-state index in [1.807, 2.05) is 140 Å². The molecule has 0 saturated heterocycles. The van der Waals surface area contributed by atoms with Crippen LogP contribution in [-0.2, 0) is 0 Å². The molecule has 0 fully saturated rings. The molecule has 2 N–H and O–H groups in total. The lowest BCUT2D eigenvalue weighted by Gasteiger charge is -2.26. The normalized spacial score (nSPS) is 10.3. The smallest absolute Gasteiger partial charge is 0.423 e. The van der Waals surface area contributed by atoms with E-state index in [0.717, 1.165) is 49.7 Å². The van der Waals surface area contributed by atoms with Crippen LogP contribution in [0.4, 0.5) is 34.1 Å². The van der Waals surface area contributed by atoms with Gasteiger partial charge in [0.05, 0.1) is 20.1 Å². The van der Waals surface area contributed by atoms with E-state index in [4.69, 9.17) is 46.4 Å². The van der Waals surface area contributed by atoms with Crippen molar-refractivity contribution < 1.29 is 10.0 Å². The second-order valence-corrected chi connectivity index (χ2v) is 15.1. The fourth-order valence-corrected chi connectivity index (χ4v) is 7.23. The van der Waals surface area contributed by atoms with Crippen molar-refractivity contribution in [1.29, 1.82) is 0 Å². The molecule has 0 saturated carbocycles. The summed E-state index contributed by atoms with van der Waals surface area (Å²) in [5.74, 6) is 0. The molecule has 8 aromatic carbocycles. The molecule has 0 spiro atoms. The van der Waals surface area contributed by atoms with Crippen LogP contribution in [0.3, 0.4) is 0 Å². The summed E-state index contributed by atoms with van der Waals surface area (Å²) in [4.78, 5) is 4.30. The van der Waals surface area contributed by atoms with Gasteiger partial charge in [0.2, 0.25) is 0 Å². The zero-order valence-electron chi connectivity index (χ0n) is 30.9. The van der Waals surface area contributed by atoms with E-state index in [1.165, 1.54) is 0 Å². The maximum atomic E-state index is 9.41. The fraction of sp³-hybridized carbons (Fsp3) is 0. The van der Waals surface area contributed by atoms with Gasteiger partial charge in [-0.3, -0.25) is 0 Å². The van der Waals surface area contributed by atoms with Gasteiger partial charge in [0.25, 0.3) is 0 Å². The summed E-state index contributed by atoms with van der Waals surface area (Å²) in [5.41, 5.74) is 8.56. The molecule has 0 heterocycles. The van der Waals surface area contributed by atoms with Crippen LogP contribution >= 0.6 is 62.3 Å². The van der Waals surface area contributed by atoms with Crippen molar-refractivity contribution in [1.82, 2.24) is 0 Å². The number of hydrogen-bond acceptors (Lipinski definition) is 4. The van der Waals surface area contributed by atoms with Gasteiger partial charge < -0.3 is 19.8 Å². The van der Waals surface area contributed by atoms with Gasteiger partial charge in [0.1, 0.15) is 0 Å². The monoisotopic (exact) mass is 902 g/mol. The van der Waals surface area contributed by atoms with Crippen LogP contribution in [0.25, 0.3) is 11.1 Å². The van der Waals surface area contributed by atoms with E-state index >= 15 is 0 Å². The summed E-state index contributed by atoms with van der Waals surface area (Å²) in [6.45, 7) is 0. The van der Waals surface area contributed by atoms with Gasteiger partial charge in [0, 0.05) is 44.2 Å². The van der Waals surface area contributed by atoms with E-state index < -0.39 is 7.12 Å². The van der Waals surface area contributed by atoms with E-state index in [2.05, 4.69) is 68.2 Å². The second-order valence-electron chi connectivity index (χ2n) is 12.7. The van der Waals surface area contributed by atoms with Crippen molar-refractivity contribution in [3.8, 4) is 11.1 Å². The predicted octanol–water partition coefficient (Wildman–Crippen LogP) is 14.7. The van der Waals surface area contributed by atoms with Gasteiger partial charge in [-0.2, -0.15) is 0 Å². The lowest BCUT2D eigenvalue weighted by Crippen LogP contribution is -2.30. The third-order valence-electron chi connectivity index (χ3n) is 8.76. The van der Waals surface area contributed by atoms with E-state index in [0.29, 0.717) is 25.6 Å². The standard InChI is InChI=1S/C24H17Cl2N.C18H16BNO2.C6H3BrCl2/c25-23-16-8-15-22(24(23)26)18-9-7-14-21(17-18)27(19-10-3-1-4-11-19)20-12-5-2-6-13-20;21-19(22)15-8-7-13-18(14-15)20(16-9-3-1-4-10-16)17-11-5-2-6-12-17;7-4-2-1-3-5(8)6(4)9/h1-17H;1-14,21-22H;1-3H. The van der Waals surface area contributed by atoms with E-state index in [9.17, 15) is 10.0 Å². The summed E-state index contributed by atoms with van der Waals surface area (Å²) in [5, 5.41) is 21.1. The Morgan fingerprint density at radius 3 is 1.19 bits per heavy atom. The summed E-state index contributed by atoms with van der Waals surface area (Å²) < 4.78 is 0.830. The van der Waals surface area contributed by atoms with Gasteiger partial charge in [-0.15, -0.1) is 0 Å². The first kappa shape index (κ1) is 42.6. The van der Waals surface area contributed by atoms with E-state index in [-0.39, 0.29) is 0 Å². The minimum atomic E-state index is -1.48. The first-order chi connectivity index (χ1) is 28.2. The van der Waals surface area contributed by atoms with Crippen LogP contribution in [0.15, 0.2) is 211 Å². The zero-order chi connectivity index (χ0) is 40.9. The Kier molecular flexibility index (Phi) is 15.5. The Morgan fingerprint density at radius 2 is 0.759 bits per heavy atom. The zero-order valence-corrected chi connectivity index (χ0v) is 35.5. The van der Waals surface area contributed by atoms with Gasteiger partial charge in [-0.1, -0.05) is 162 Å². The van der Waals surface area contributed by atoms with Crippen LogP contribution in [0, 0.1) is 0 Å². The van der Waals surface area contributed by atoms with Crippen LogP contribution in [0.5, 0.6) is 0 Å². The summed E-state index contributed by atoms with van der Waals surface area (Å²) in [6.07, 6.45) is 0. The second kappa shape index (κ2) is 21.1.